The molecule has 0 aliphatic carbocycles. The Labute approximate surface area is 112 Å². The molecule has 1 aliphatic rings. The van der Waals surface area contributed by atoms with Crippen molar-refractivity contribution < 1.29 is 14.3 Å². The van der Waals surface area contributed by atoms with Gasteiger partial charge in [0.25, 0.3) is 0 Å². The molecule has 1 heterocycles. The highest BCUT2D eigenvalue weighted by molar-refractivity contribution is 5.82. The number of rotatable bonds is 3. The van der Waals surface area contributed by atoms with E-state index in [9.17, 15) is 9.59 Å². The lowest BCUT2D eigenvalue weighted by Gasteiger charge is -2.16. The van der Waals surface area contributed by atoms with Gasteiger partial charge in [-0.3, -0.25) is 9.59 Å². The number of nitrogen functional groups attached to an aromatic ring is 1. The zero-order valence-corrected chi connectivity index (χ0v) is 11.0. The molecule has 0 aromatic heterocycles. The topological polar surface area (TPSA) is 72.6 Å². The predicted octanol–water partition coefficient (Wildman–Crippen LogP) is 0.833. The highest BCUT2D eigenvalue weighted by Gasteiger charge is 2.31. The molecule has 1 saturated heterocycles. The maximum Gasteiger partial charge on any atom is 0.310 e. The minimum absolute atomic E-state index is 0.00398. The van der Waals surface area contributed by atoms with E-state index in [0.717, 1.165) is 5.56 Å². The quantitative estimate of drug-likeness (QED) is 0.647. The summed E-state index contributed by atoms with van der Waals surface area (Å²) in [7, 11) is 1.37. The molecule has 0 saturated carbocycles. The van der Waals surface area contributed by atoms with Gasteiger partial charge in [0.15, 0.2) is 0 Å². The van der Waals surface area contributed by atoms with Crippen molar-refractivity contribution in [2.45, 2.75) is 12.8 Å². The number of hydrogen-bond acceptors (Lipinski definition) is 4. The summed E-state index contributed by atoms with van der Waals surface area (Å²) in [6.07, 6.45) is 0.948. The molecule has 5 heteroatoms. The van der Waals surface area contributed by atoms with Crippen molar-refractivity contribution in [2.24, 2.45) is 5.92 Å². The standard InChI is InChI=1S/C14H18N2O3/c1-19-14(18)11-6-7-16(9-11)13(17)8-10-4-2-3-5-12(10)15/h2-5,11H,6-9,15H2,1H3. The van der Waals surface area contributed by atoms with Crippen LogP contribution in [0.15, 0.2) is 24.3 Å². The number of ether oxygens (including phenoxy) is 1. The second-order valence-electron chi connectivity index (χ2n) is 4.72. The number of benzene rings is 1. The summed E-state index contributed by atoms with van der Waals surface area (Å²) in [5.74, 6) is -0.430. The molecule has 102 valence electrons. The largest absolute Gasteiger partial charge is 0.469 e. The molecule has 0 bridgehead atoms. The van der Waals surface area contributed by atoms with Crippen LogP contribution in [0.1, 0.15) is 12.0 Å². The Morgan fingerprint density at radius 1 is 1.42 bits per heavy atom. The van der Waals surface area contributed by atoms with Gasteiger partial charge in [0.2, 0.25) is 5.91 Å². The number of hydrogen-bond donors (Lipinski definition) is 1. The highest BCUT2D eigenvalue weighted by Crippen LogP contribution is 2.19. The zero-order valence-electron chi connectivity index (χ0n) is 11.0. The van der Waals surface area contributed by atoms with Crippen LogP contribution in [0.3, 0.4) is 0 Å². The summed E-state index contributed by atoms with van der Waals surface area (Å²) in [5.41, 5.74) is 7.27. The Hall–Kier alpha value is -2.04. The molecule has 1 amide bonds. The average Bonchev–Trinajstić information content (AvgIpc) is 2.90. The normalized spacial score (nSPS) is 18.4. The minimum Gasteiger partial charge on any atom is -0.469 e. The molecular formula is C14H18N2O3. The van der Waals surface area contributed by atoms with Crippen LogP contribution in [-0.4, -0.2) is 37.0 Å². The lowest BCUT2D eigenvalue weighted by molar-refractivity contribution is -0.145. The molecule has 5 nitrogen and oxygen atoms in total. The summed E-state index contributed by atoms with van der Waals surface area (Å²) >= 11 is 0. The summed E-state index contributed by atoms with van der Waals surface area (Å²) in [4.78, 5) is 25.3. The van der Waals surface area contributed by atoms with Gasteiger partial charge in [0.05, 0.1) is 19.4 Å². The monoisotopic (exact) mass is 262 g/mol. The smallest absolute Gasteiger partial charge is 0.310 e. The first-order chi connectivity index (χ1) is 9.11. The van der Waals surface area contributed by atoms with Crippen LogP contribution in [0.25, 0.3) is 0 Å². The molecule has 1 fully saturated rings. The van der Waals surface area contributed by atoms with E-state index in [4.69, 9.17) is 10.5 Å². The van der Waals surface area contributed by atoms with Crippen molar-refractivity contribution in [3.63, 3.8) is 0 Å². The third kappa shape index (κ3) is 3.05. The molecular weight excluding hydrogens is 244 g/mol. The number of para-hydroxylation sites is 1. The number of carbonyl (C=O) groups excluding carboxylic acids is 2. The zero-order chi connectivity index (χ0) is 13.8. The lowest BCUT2D eigenvalue weighted by Crippen LogP contribution is -2.31. The summed E-state index contributed by atoms with van der Waals surface area (Å²) < 4.78 is 4.70. The van der Waals surface area contributed by atoms with Gasteiger partial charge in [-0.05, 0) is 18.1 Å². The number of likely N-dealkylation sites (tertiary alicyclic amines) is 1. The van der Waals surface area contributed by atoms with Gasteiger partial charge in [-0.25, -0.2) is 0 Å². The van der Waals surface area contributed by atoms with E-state index >= 15 is 0 Å². The minimum atomic E-state index is -0.241. The molecule has 0 spiro atoms. The SMILES string of the molecule is COC(=O)C1CCN(C(=O)Cc2ccccc2N)C1. The first kappa shape index (κ1) is 13.4. The Bertz CT molecular complexity index is 487. The summed E-state index contributed by atoms with van der Waals surface area (Å²) in [5, 5.41) is 0. The highest BCUT2D eigenvalue weighted by atomic mass is 16.5. The van der Waals surface area contributed by atoms with Crippen molar-refractivity contribution in [1.29, 1.82) is 0 Å². The van der Waals surface area contributed by atoms with Gasteiger partial charge in [0.1, 0.15) is 0 Å². The Morgan fingerprint density at radius 2 is 2.16 bits per heavy atom. The van der Waals surface area contributed by atoms with Gasteiger partial charge in [0, 0.05) is 18.8 Å². The fourth-order valence-corrected chi connectivity index (χ4v) is 2.32. The van der Waals surface area contributed by atoms with E-state index in [2.05, 4.69) is 0 Å². The van der Waals surface area contributed by atoms with Gasteiger partial charge >= 0.3 is 5.97 Å². The first-order valence-corrected chi connectivity index (χ1v) is 6.30. The molecule has 1 aliphatic heterocycles. The number of anilines is 1. The molecule has 1 unspecified atom stereocenters. The first-order valence-electron chi connectivity index (χ1n) is 6.30. The number of nitrogens with two attached hydrogens (primary N) is 1. The number of amides is 1. The average molecular weight is 262 g/mol. The molecule has 0 radical (unpaired) electrons. The van der Waals surface area contributed by atoms with E-state index in [0.29, 0.717) is 25.2 Å². The molecule has 2 rings (SSSR count). The maximum absolute atomic E-state index is 12.1. The fourth-order valence-electron chi connectivity index (χ4n) is 2.32. The molecule has 1 aromatic rings. The second kappa shape index (κ2) is 5.73. The van der Waals surface area contributed by atoms with Crippen molar-refractivity contribution in [2.75, 3.05) is 25.9 Å². The van der Waals surface area contributed by atoms with Crippen LogP contribution in [0.5, 0.6) is 0 Å². The van der Waals surface area contributed by atoms with Gasteiger partial charge in [-0.1, -0.05) is 18.2 Å². The Kier molecular flexibility index (Phi) is 4.04. The van der Waals surface area contributed by atoms with Crippen LogP contribution in [0.4, 0.5) is 5.69 Å². The maximum atomic E-state index is 12.1. The van der Waals surface area contributed by atoms with E-state index in [1.807, 2.05) is 18.2 Å². The number of carbonyl (C=O) groups is 2. The van der Waals surface area contributed by atoms with Crippen molar-refractivity contribution in [1.82, 2.24) is 4.90 Å². The van der Waals surface area contributed by atoms with Crippen LogP contribution in [0.2, 0.25) is 0 Å². The van der Waals surface area contributed by atoms with E-state index in [1.165, 1.54) is 7.11 Å². The molecule has 2 N–H and O–H groups in total. The van der Waals surface area contributed by atoms with Crippen LogP contribution in [-0.2, 0) is 20.7 Å². The van der Waals surface area contributed by atoms with Crippen molar-refractivity contribution in [3.8, 4) is 0 Å². The predicted molar refractivity (Wildman–Crippen MR) is 71.3 cm³/mol. The van der Waals surface area contributed by atoms with E-state index < -0.39 is 0 Å². The number of nitrogens with zero attached hydrogens (tertiary/aromatic N) is 1. The van der Waals surface area contributed by atoms with Crippen LogP contribution >= 0.6 is 0 Å². The van der Waals surface area contributed by atoms with Gasteiger partial charge < -0.3 is 15.4 Å². The Balaban J connectivity index is 1.95. The van der Waals surface area contributed by atoms with Crippen LogP contribution < -0.4 is 5.73 Å². The molecule has 19 heavy (non-hydrogen) atoms. The van der Waals surface area contributed by atoms with Gasteiger partial charge in [-0.2, -0.15) is 0 Å². The molecule has 1 aromatic carbocycles. The van der Waals surface area contributed by atoms with Crippen LogP contribution in [0, 0.1) is 5.92 Å². The molecule has 1 atom stereocenters. The third-order valence-electron chi connectivity index (χ3n) is 3.47. The number of methoxy groups -OCH3 is 1. The summed E-state index contributed by atoms with van der Waals surface area (Å²) in [6, 6.07) is 7.33. The van der Waals surface area contributed by atoms with E-state index in [-0.39, 0.29) is 24.2 Å². The third-order valence-corrected chi connectivity index (χ3v) is 3.47. The van der Waals surface area contributed by atoms with E-state index in [1.54, 1.807) is 11.0 Å². The van der Waals surface area contributed by atoms with Crippen molar-refractivity contribution in [3.05, 3.63) is 29.8 Å². The Morgan fingerprint density at radius 3 is 2.84 bits per heavy atom. The second-order valence-corrected chi connectivity index (χ2v) is 4.72. The number of esters is 1. The van der Waals surface area contributed by atoms with Crippen molar-refractivity contribution >= 4 is 17.6 Å². The van der Waals surface area contributed by atoms with Gasteiger partial charge in [-0.15, -0.1) is 0 Å². The summed E-state index contributed by atoms with van der Waals surface area (Å²) in [6.45, 7) is 1.05. The lowest BCUT2D eigenvalue weighted by atomic mass is 10.1. The fraction of sp³-hybridized carbons (Fsp3) is 0.429.